The van der Waals surface area contributed by atoms with Crippen LogP contribution in [0.15, 0.2) is 42.5 Å². The summed E-state index contributed by atoms with van der Waals surface area (Å²) in [6, 6.07) is 13.1. The molecule has 0 aromatic heterocycles. The minimum atomic E-state index is -3.35. The van der Waals surface area contributed by atoms with Crippen LogP contribution in [0, 0.1) is 13.8 Å². The van der Waals surface area contributed by atoms with Crippen LogP contribution in [0.3, 0.4) is 0 Å². The van der Waals surface area contributed by atoms with Gasteiger partial charge in [-0.05, 0) is 61.7 Å². The maximum atomic E-state index is 12.8. The quantitative estimate of drug-likeness (QED) is 0.713. The van der Waals surface area contributed by atoms with Crippen LogP contribution in [-0.4, -0.2) is 56.8 Å². The minimum Gasteiger partial charge on any atom is -0.345 e. The predicted octanol–water partition coefficient (Wildman–Crippen LogP) is 3.26. The van der Waals surface area contributed by atoms with Crippen molar-refractivity contribution in [3.63, 3.8) is 0 Å². The summed E-state index contributed by atoms with van der Waals surface area (Å²) in [5.41, 5.74) is 4.75. The molecule has 7 heteroatoms. The van der Waals surface area contributed by atoms with Gasteiger partial charge in [-0.3, -0.25) is 4.79 Å². The fourth-order valence-electron chi connectivity index (χ4n) is 3.76. The zero-order chi connectivity index (χ0) is 22.6. The van der Waals surface area contributed by atoms with E-state index in [0.29, 0.717) is 24.2 Å². The molecule has 1 atom stereocenters. The van der Waals surface area contributed by atoms with Crippen LogP contribution in [0.4, 0.5) is 0 Å². The molecule has 31 heavy (non-hydrogen) atoms. The third-order valence-electron chi connectivity index (χ3n) is 6.07. The summed E-state index contributed by atoms with van der Waals surface area (Å²) in [7, 11) is -1.36. The highest BCUT2D eigenvalue weighted by molar-refractivity contribution is 7.88. The molecule has 0 spiro atoms. The van der Waals surface area contributed by atoms with E-state index in [1.165, 1.54) is 11.1 Å². The number of carbonyl (C=O) groups excluding carboxylic acids is 1. The Morgan fingerprint density at radius 3 is 2.23 bits per heavy atom. The molecule has 2 aromatic carbocycles. The molecular weight excluding hydrogens is 410 g/mol. The van der Waals surface area contributed by atoms with E-state index in [1.807, 2.05) is 14.0 Å². The number of hydrogen-bond donors (Lipinski definition) is 1. The number of carbonyl (C=O) groups is 1. The summed E-state index contributed by atoms with van der Waals surface area (Å²) in [6.07, 6.45) is 0.787. The molecule has 0 saturated carbocycles. The molecule has 1 aliphatic heterocycles. The average molecular weight is 444 g/mol. The maximum absolute atomic E-state index is 12.8. The fraction of sp³-hybridized carbons (Fsp3) is 0.458. The first kappa shape index (κ1) is 23.4. The molecule has 1 heterocycles. The molecular formula is C24H33N3O3S. The number of nitrogens with one attached hydrogen (secondary N) is 1. The van der Waals surface area contributed by atoms with Gasteiger partial charge in [0.15, 0.2) is 0 Å². The van der Waals surface area contributed by atoms with E-state index in [-0.39, 0.29) is 17.7 Å². The summed E-state index contributed by atoms with van der Waals surface area (Å²) in [5.74, 6) is -0.197. The Kier molecular flexibility index (Phi) is 7.51. The monoisotopic (exact) mass is 443 g/mol. The van der Waals surface area contributed by atoms with Crippen LogP contribution in [0.1, 0.15) is 52.0 Å². The Hall–Kier alpha value is -2.22. The molecule has 168 valence electrons. The number of hydrogen-bond acceptors (Lipinski definition) is 4. The molecule has 1 aliphatic rings. The fourth-order valence-corrected chi connectivity index (χ4v) is 5.28. The highest BCUT2D eigenvalue weighted by Crippen LogP contribution is 2.21. The molecule has 6 nitrogen and oxygen atoms in total. The Morgan fingerprint density at radius 1 is 1.00 bits per heavy atom. The summed E-state index contributed by atoms with van der Waals surface area (Å²) >= 11 is 0. The first-order valence-corrected chi connectivity index (χ1v) is 12.4. The highest BCUT2D eigenvalue weighted by atomic mass is 32.2. The zero-order valence-electron chi connectivity index (χ0n) is 18.9. The van der Waals surface area contributed by atoms with Gasteiger partial charge < -0.3 is 10.2 Å². The topological polar surface area (TPSA) is 69.7 Å². The molecule has 0 bridgehead atoms. The second kappa shape index (κ2) is 9.94. The molecule has 1 amide bonds. The van der Waals surface area contributed by atoms with Crippen molar-refractivity contribution in [2.24, 2.45) is 0 Å². The number of aryl methyl sites for hydroxylation is 2. The van der Waals surface area contributed by atoms with Crippen molar-refractivity contribution in [2.45, 2.75) is 39.0 Å². The van der Waals surface area contributed by atoms with Crippen LogP contribution < -0.4 is 5.32 Å². The van der Waals surface area contributed by atoms with Crippen molar-refractivity contribution < 1.29 is 13.2 Å². The summed E-state index contributed by atoms with van der Waals surface area (Å²) in [6.45, 7) is 8.74. The second-order valence-corrected chi connectivity index (χ2v) is 10.4. The van der Waals surface area contributed by atoms with Gasteiger partial charge in [0.1, 0.15) is 0 Å². The van der Waals surface area contributed by atoms with Crippen molar-refractivity contribution in [2.75, 3.05) is 33.2 Å². The standard InChI is InChI=1S/C24H33N3O3S/c1-5-23(22-9-6-18(2)19(3)16-22)25-24(28)21-10-7-20(8-11-21)17-31(29,30)27-14-12-26(4)13-15-27/h6-11,16,23H,5,12-15,17H2,1-4H3,(H,25,28)/t23-/m0/s1. The van der Waals surface area contributed by atoms with E-state index in [9.17, 15) is 13.2 Å². The van der Waals surface area contributed by atoms with E-state index < -0.39 is 10.0 Å². The third kappa shape index (κ3) is 5.93. The number of likely N-dealkylation sites (N-methyl/N-ethyl adjacent to an activating group) is 1. The van der Waals surface area contributed by atoms with Gasteiger partial charge in [-0.1, -0.05) is 37.3 Å². The van der Waals surface area contributed by atoms with Crippen molar-refractivity contribution in [3.05, 3.63) is 70.3 Å². The van der Waals surface area contributed by atoms with Crippen molar-refractivity contribution in [1.29, 1.82) is 0 Å². The molecule has 1 N–H and O–H groups in total. The lowest BCUT2D eigenvalue weighted by Crippen LogP contribution is -2.47. The normalized spacial score (nSPS) is 16.8. The van der Waals surface area contributed by atoms with Gasteiger partial charge in [0.05, 0.1) is 11.8 Å². The number of amides is 1. The molecule has 3 rings (SSSR count). The number of piperazine rings is 1. The van der Waals surface area contributed by atoms with E-state index in [4.69, 9.17) is 0 Å². The van der Waals surface area contributed by atoms with E-state index in [2.05, 4.69) is 42.3 Å². The van der Waals surface area contributed by atoms with Crippen molar-refractivity contribution in [1.82, 2.24) is 14.5 Å². The second-order valence-electron chi connectivity index (χ2n) is 8.43. The van der Waals surface area contributed by atoms with E-state index >= 15 is 0 Å². The molecule has 0 unspecified atom stereocenters. The van der Waals surface area contributed by atoms with Gasteiger partial charge in [-0.15, -0.1) is 0 Å². The maximum Gasteiger partial charge on any atom is 0.251 e. The highest BCUT2D eigenvalue weighted by Gasteiger charge is 2.26. The molecule has 2 aromatic rings. The van der Waals surface area contributed by atoms with Crippen LogP contribution in [0.5, 0.6) is 0 Å². The van der Waals surface area contributed by atoms with Gasteiger partial charge >= 0.3 is 0 Å². The Morgan fingerprint density at radius 2 is 1.65 bits per heavy atom. The third-order valence-corrected chi connectivity index (χ3v) is 7.92. The molecule has 0 aliphatic carbocycles. The van der Waals surface area contributed by atoms with Gasteiger partial charge in [0, 0.05) is 31.7 Å². The number of sulfonamides is 1. The molecule has 1 fully saturated rings. The molecule has 0 radical (unpaired) electrons. The summed E-state index contributed by atoms with van der Waals surface area (Å²) in [4.78, 5) is 14.9. The van der Waals surface area contributed by atoms with Gasteiger partial charge in [-0.2, -0.15) is 4.31 Å². The minimum absolute atomic E-state index is 0.0428. The zero-order valence-corrected chi connectivity index (χ0v) is 19.7. The van der Waals surface area contributed by atoms with Crippen molar-refractivity contribution in [3.8, 4) is 0 Å². The largest absolute Gasteiger partial charge is 0.345 e. The van der Waals surface area contributed by atoms with Gasteiger partial charge in [-0.25, -0.2) is 8.42 Å². The van der Waals surface area contributed by atoms with Gasteiger partial charge in [0.25, 0.3) is 5.91 Å². The van der Waals surface area contributed by atoms with E-state index in [1.54, 1.807) is 28.6 Å². The van der Waals surface area contributed by atoms with Crippen LogP contribution in [0.25, 0.3) is 0 Å². The average Bonchev–Trinajstić information content (AvgIpc) is 2.74. The van der Waals surface area contributed by atoms with Gasteiger partial charge in [0.2, 0.25) is 10.0 Å². The Balaban J connectivity index is 1.64. The number of rotatable bonds is 7. The number of benzene rings is 2. The predicted molar refractivity (Wildman–Crippen MR) is 125 cm³/mol. The van der Waals surface area contributed by atoms with Crippen molar-refractivity contribution >= 4 is 15.9 Å². The lowest BCUT2D eigenvalue weighted by atomic mass is 9.99. The van der Waals surface area contributed by atoms with Crippen LogP contribution >= 0.6 is 0 Å². The van der Waals surface area contributed by atoms with Crippen LogP contribution in [0.2, 0.25) is 0 Å². The molecule has 1 saturated heterocycles. The lowest BCUT2D eigenvalue weighted by molar-refractivity contribution is 0.0935. The Bertz CT molecular complexity index is 1010. The lowest BCUT2D eigenvalue weighted by Gasteiger charge is -2.31. The smallest absolute Gasteiger partial charge is 0.251 e. The number of nitrogens with zero attached hydrogens (tertiary/aromatic N) is 2. The first-order valence-electron chi connectivity index (χ1n) is 10.8. The summed E-state index contributed by atoms with van der Waals surface area (Å²) < 4.78 is 27.0. The summed E-state index contributed by atoms with van der Waals surface area (Å²) in [5, 5.41) is 3.10. The van der Waals surface area contributed by atoms with E-state index in [0.717, 1.165) is 25.1 Å². The van der Waals surface area contributed by atoms with Crippen LogP contribution in [-0.2, 0) is 15.8 Å². The first-order chi connectivity index (χ1) is 14.7. The SMILES string of the molecule is CC[C@H](NC(=O)c1ccc(CS(=O)(=O)N2CCN(C)CC2)cc1)c1ccc(C)c(C)c1. The Labute approximate surface area is 186 Å².